The lowest BCUT2D eigenvalue weighted by Gasteiger charge is -2.08. The summed E-state index contributed by atoms with van der Waals surface area (Å²) in [7, 11) is 0. The van der Waals surface area contributed by atoms with Gasteiger partial charge in [-0.05, 0) is 23.8 Å². The van der Waals surface area contributed by atoms with Crippen LogP contribution < -0.4 is 10.5 Å². The molecule has 2 aromatic carbocycles. The van der Waals surface area contributed by atoms with E-state index in [9.17, 15) is 0 Å². The van der Waals surface area contributed by atoms with Gasteiger partial charge in [0.2, 0.25) is 0 Å². The van der Waals surface area contributed by atoms with Crippen LogP contribution in [0.1, 0.15) is 11.1 Å². The first kappa shape index (κ1) is 12.0. The molecule has 0 atom stereocenters. The van der Waals surface area contributed by atoms with Crippen molar-refractivity contribution in [2.75, 3.05) is 0 Å². The summed E-state index contributed by atoms with van der Waals surface area (Å²) in [5, 5.41) is 0.698. The Bertz CT molecular complexity index is 485. The number of nitrogens with two attached hydrogens (primary N) is 1. The predicted octanol–water partition coefficient (Wildman–Crippen LogP) is 3.38. The number of benzene rings is 2. The first-order valence-corrected chi connectivity index (χ1v) is 5.82. The summed E-state index contributed by atoms with van der Waals surface area (Å²) in [6, 6.07) is 15.5. The van der Waals surface area contributed by atoms with Crippen LogP contribution in [0.15, 0.2) is 48.5 Å². The van der Waals surface area contributed by atoms with Crippen LogP contribution in [0.5, 0.6) is 5.75 Å². The van der Waals surface area contributed by atoms with Crippen LogP contribution in [0, 0.1) is 0 Å². The SMILES string of the molecule is NCc1ccc(COc2ccccc2)c(Cl)c1. The third kappa shape index (κ3) is 3.22. The number of halogens is 1. The van der Waals surface area contributed by atoms with Crippen LogP contribution in [0.3, 0.4) is 0 Å². The van der Waals surface area contributed by atoms with Gasteiger partial charge in [-0.25, -0.2) is 0 Å². The van der Waals surface area contributed by atoms with Crippen molar-refractivity contribution in [2.24, 2.45) is 5.73 Å². The van der Waals surface area contributed by atoms with Crippen LogP contribution in [-0.4, -0.2) is 0 Å². The van der Waals surface area contributed by atoms with Gasteiger partial charge in [-0.3, -0.25) is 0 Å². The van der Waals surface area contributed by atoms with E-state index in [0.29, 0.717) is 18.2 Å². The van der Waals surface area contributed by atoms with E-state index < -0.39 is 0 Å². The van der Waals surface area contributed by atoms with E-state index in [0.717, 1.165) is 16.9 Å². The minimum absolute atomic E-state index is 0.466. The molecule has 2 N–H and O–H groups in total. The van der Waals surface area contributed by atoms with Crippen molar-refractivity contribution >= 4 is 11.6 Å². The van der Waals surface area contributed by atoms with Crippen LogP contribution in [0.2, 0.25) is 5.02 Å². The number of ether oxygens (including phenoxy) is 1. The van der Waals surface area contributed by atoms with Crippen molar-refractivity contribution in [3.8, 4) is 5.75 Å². The molecule has 0 bridgehead atoms. The van der Waals surface area contributed by atoms with Crippen molar-refractivity contribution < 1.29 is 4.74 Å². The highest BCUT2D eigenvalue weighted by atomic mass is 35.5. The van der Waals surface area contributed by atoms with E-state index >= 15 is 0 Å². The van der Waals surface area contributed by atoms with Gasteiger partial charge >= 0.3 is 0 Å². The first-order valence-electron chi connectivity index (χ1n) is 5.45. The lowest BCUT2D eigenvalue weighted by molar-refractivity contribution is 0.306. The topological polar surface area (TPSA) is 35.2 Å². The smallest absolute Gasteiger partial charge is 0.119 e. The van der Waals surface area contributed by atoms with Crippen LogP contribution in [0.4, 0.5) is 0 Å². The standard InChI is InChI=1S/C14H14ClNO/c15-14-8-11(9-16)6-7-12(14)10-17-13-4-2-1-3-5-13/h1-8H,9-10,16H2. The molecule has 2 nitrogen and oxygen atoms in total. The third-order valence-corrected chi connectivity index (χ3v) is 2.84. The Morgan fingerprint density at radius 1 is 1.06 bits per heavy atom. The summed E-state index contributed by atoms with van der Waals surface area (Å²) in [6.07, 6.45) is 0. The monoisotopic (exact) mass is 247 g/mol. The van der Waals surface area contributed by atoms with Gasteiger partial charge in [-0.15, -0.1) is 0 Å². The maximum absolute atomic E-state index is 6.14. The largest absolute Gasteiger partial charge is 0.489 e. The fourth-order valence-electron chi connectivity index (χ4n) is 1.51. The Kier molecular flexibility index (Phi) is 4.02. The second kappa shape index (κ2) is 5.71. The molecule has 88 valence electrons. The quantitative estimate of drug-likeness (QED) is 0.899. The average molecular weight is 248 g/mol. The molecule has 2 aromatic rings. The summed E-state index contributed by atoms with van der Waals surface area (Å²) >= 11 is 6.14. The van der Waals surface area contributed by atoms with Gasteiger partial charge in [-0.1, -0.05) is 41.9 Å². The zero-order valence-electron chi connectivity index (χ0n) is 9.40. The van der Waals surface area contributed by atoms with Gasteiger partial charge < -0.3 is 10.5 Å². The predicted molar refractivity (Wildman–Crippen MR) is 70.1 cm³/mol. The second-order valence-corrected chi connectivity index (χ2v) is 4.14. The molecule has 0 spiro atoms. The number of rotatable bonds is 4. The number of hydrogen-bond acceptors (Lipinski definition) is 2. The molecule has 3 heteroatoms. The minimum Gasteiger partial charge on any atom is -0.489 e. The zero-order valence-corrected chi connectivity index (χ0v) is 10.2. The fraction of sp³-hybridized carbons (Fsp3) is 0.143. The van der Waals surface area contributed by atoms with E-state index in [1.54, 1.807) is 0 Å². The van der Waals surface area contributed by atoms with Crippen molar-refractivity contribution in [1.29, 1.82) is 0 Å². The molecule has 0 aliphatic carbocycles. The summed E-state index contributed by atoms with van der Waals surface area (Å²) in [4.78, 5) is 0. The molecule has 0 aliphatic rings. The molecule has 0 amide bonds. The highest BCUT2D eigenvalue weighted by molar-refractivity contribution is 6.31. The Hall–Kier alpha value is -1.51. The molecule has 0 saturated heterocycles. The number of hydrogen-bond donors (Lipinski definition) is 1. The highest BCUT2D eigenvalue weighted by Crippen LogP contribution is 2.20. The molecule has 2 rings (SSSR count). The van der Waals surface area contributed by atoms with E-state index in [1.807, 2.05) is 48.5 Å². The molecular weight excluding hydrogens is 234 g/mol. The van der Waals surface area contributed by atoms with Crippen molar-refractivity contribution in [3.63, 3.8) is 0 Å². The van der Waals surface area contributed by atoms with Gasteiger partial charge in [0.05, 0.1) is 0 Å². The zero-order chi connectivity index (χ0) is 12.1. The molecule has 0 saturated carbocycles. The molecule has 0 fully saturated rings. The number of para-hydroxylation sites is 1. The third-order valence-electron chi connectivity index (χ3n) is 2.49. The van der Waals surface area contributed by atoms with Crippen LogP contribution >= 0.6 is 11.6 Å². The molecule has 0 radical (unpaired) electrons. The van der Waals surface area contributed by atoms with E-state index in [4.69, 9.17) is 22.1 Å². The molecular formula is C14H14ClNO. The molecule has 0 aromatic heterocycles. The molecule has 0 aliphatic heterocycles. The first-order chi connectivity index (χ1) is 8.29. The van der Waals surface area contributed by atoms with Crippen molar-refractivity contribution in [1.82, 2.24) is 0 Å². The fourth-order valence-corrected chi connectivity index (χ4v) is 1.77. The maximum atomic E-state index is 6.14. The average Bonchev–Trinajstić information content (AvgIpc) is 2.38. The lowest BCUT2D eigenvalue weighted by atomic mass is 10.1. The Morgan fingerprint density at radius 2 is 1.82 bits per heavy atom. The van der Waals surface area contributed by atoms with Gasteiger partial charge in [0.15, 0.2) is 0 Å². The van der Waals surface area contributed by atoms with Gasteiger partial charge in [0, 0.05) is 17.1 Å². The van der Waals surface area contributed by atoms with Crippen LogP contribution in [-0.2, 0) is 13.2 Å². The lowest BCUT2D eigenvalue weighted by Crippen LogP contribution is -1.99. The molecule has 0 unspecified atom stereocenters. The van der Waals surface area contributed by atoms with E-state index in [2.05, 4.69) is 0 Å². The van der Waals surface area contributed by atoms with Crippen molar-refractivity contribution in [3.05, 3.63) is 64.7 Å². The molecule has 0 heterocycles. The van der Waals surface area contributed by atoms with Crippen LogP contribution in [0.25, 0.3) is 0 Å². The van der Waals surface area contributed by atoms with E-state index in [1.165, 1.54) is 0 Å². The minimum atomic E-state index is 0.466. The van der Waals surface area contributed by atoms with Gasteiger partial charge in [-0.2, -0.15) is 0 Å². The summed E-state index contributed by atoms with van der Waals surface area (Å²) in [5.74, 6) is 0.839. The Labute approximate surface area is 106 Å². The van der Waals surface area contributed by atoms with Gasteiger partial charge in [0.25, 0.3) is 0 Å². The van der Waals surface area contributed by atoms with E-state index in [-0.39, 0.29) is 0 Å². The second-order valence-electron chi connectivity index (χ2n) is 3.73. The van der Waals surface area contributed by atoms with Crippen molar-refractivity contribution in [2.45, 2.75) is 13.2 Å². The molecule has 17 heavy (non-hydrogen) atoms. The normalized spacial score (nSPS) is 10.2. The highest BCUT2D eigenvalue weighted by Gasteiger charge is 2.02. The summed E-state index contributed by atoms with van der Waals surface area (Å²) in [5.41, 5.74) is 7.54. The Morgan fingerprint density at radius 3 is 2.47 bits per heavy atom. The summed E-state index contributed by atoms with van der Waals surface area (Å²) < 4.78 is 5.63. The summed E-state index contributed by atoms with van der Waals surface area (Å²) in [6.45, 7) is 0.966. The van der Waals surface area contributed by atoms with Gasteiger partial charge in [0.1, 0.15) is 12.4 Å². The Balaban J connectivity index is 2.04. The maximum Gasteiger partial charge on any atom is 0.119 e.